The monoisotopic (exact) mass is 279 g/mol. The summed E-state index contributed by atoms with van der Waals surface area (Å²) in [4.78, 5) is 4.28. The average Bonchev–Trinajstić information content (AvgIpc) is 2.99. The van der Waals surface area contributed by atoms with Crippen molar-refractivity contribution in [2.24, 2.45) is 0 Å². The number of rotatable bonds is 7. The van der Waals surface area contributed by atoms with Gasteiger partial charge < -0.3 is 0 Å². The van der Waals surface area contributed by atoms with E-state index in [-0.39, 0.29) is 0 Å². The third kappa shape index (κ3) is 3.61. The molecule has 1 aromatic heterocycles. The molecule has 1 aliphatic carbocycles. The molecule has 2 heteroatoms. The maximum Gasteiger partial charge on any atom is 0.0551 e. The molecule has 0 N–H and O–H groups in total. The predicted molar refractivity (Wildman–Crippen MR) is 85.9 cm³/mol. The van der Waals surface area contributed by atoms with Gasteiger partial charge in [-0.25, -0.2) is 0 Å². The van der Waals surface area contributed by atoms with E-state index >= 15 is 0 Å². The third-order valence-corrected chi connectivity index (χ3v) is 5.80. The first-order chi connectivity index (χ1) is 9.29. The average molecular weight is 279 g/mol. The van der Waals surface area contributed by atoms with Crippen molar-refractivity contribution in [1.29, 1.82) is 0 Å². The second-order valence-corrected chi connectivity index (χ2v) is 7.00. The first kappa shape index (κ1) is 15.1. The summed E-state index contributed by atoms with van der Waals surface area (Å²) < 4.78 is 0. The van der Waals surface area contributed by atoms with Crippen molar-refractivity contribution < 1.29 is 0 Å². The van der Waals surface area contributed by atoms with Gasteiger partial charge in [-0.1, -0.05) is 51.5 Å². The van der Waals surface area contributed by atoms with Gasteiger partial charge >= 0.3 is 0 Å². The highest BCUT2D eigenvalue weighted by molar-refractivity contribution is 7.10. The Morgan fingerprint density at radius 3 is 2.58 bits per heavy atom. The molecule has 1 aliphatic rings. The van der Waals surface area contributed by atoms with Crippen LogP contribution in [0.3, 0.4) is 0 Å². The topological polar surface area (TPSA) is 3.24 Å². The van der Waals surface area contributed by atoms with Gasteiger partial charge in [-0.3, -0.25) is 4.90 Å². The molecule has 0 aromatic carbocycles. The smallest absolute Gasteiger partial charge is 0.0551 e. The van der Waals surface area contributed by atoms with E-state index in [4.69, 9.17) is 0 Å². The molecular weight excluding hydrogens is 250 g/mol. The molecule has 108 valence electrons. The van der Waals surface area contributed by atoms with Crippen molar-refractivity contribution in [3.8, 4) is 0 Å². The highest BCUT2D eigenvalue weighted by Crippen LogP contribution is 2.43. The van der Waals surface area contributed by atoms with Crippen molar-refractivity contribution in [1.82, 2.24) is 4.90 Å². The van der Waals surface area contributed by atoms with Crippen molar-refractivity contribution in [2.45, 2.75) is 70.3 Å². The number of hydrogen-bond acceptors (Lipinski definition) is 2. The van der Waals surface area contributed by atoms with Crippen molar-refractivity contribution >= 4 is 11.3 Å². The lowest BCUT2D eigenvalue weighted by molar-refractivity contribution is 0.0742. The number of hydrogen-bond donors (Lipinski definition) is 0. The van der Waals surface area contributed by atoms with Crippen molar-refractivity contribution in [3.63, 3.8) is 0 Å². The predicted octanol–water partition coefficient (Wildman–Crippen LogP) is 5.42. The fourth-order valence-corrected chi connectivity index (χ4v) is 4.53. The van der Waals surface area contributed by atoms with Crippen LogP contribution in [0.25, 0.3) is 0 Å². The molecule has 1 nitrogen and oxygen atoms in total. The molecule has 0 bridgehead atoms. The second-order valence-electron chi connectivity index (χ2n) is 6.05. The summed E-state index contributed by atoms with van der Waals surface area (Å²) in [5, 5.41) is 2.25. The quantitative estimate of drug-likeness (QED) is 0.602. The van der Waals surface area contributed by atoms with Gasteiger partial charge in [0.2, 0.25) is 0 Å². The maximum atomic E-state index is 2.67. The molecule has 1 aromatic rings. The third-order valence-electron chi connectivity index (χ3n) is 4.74. The van der Waals surface area contributed by atoms with Crippen molar-refractivity contribution in [2.75, 3.05) is 13.6 Å². The summed E-state index contributed by atoms with van der Waals surface area (Å²) in [7, 11) is 2.36. The van der Waals surface area contributed by atoms with Gasteiger partial charge in [-0.2, -0.15) is 0 Å². The van der Waals surface area contributed by atoms with Crippen LogP contribution in [-0.2, 0) is 5.54 Å². The summed E-state index contributed by atoms with van der Waals surface area (Å²) in [5.41, 5.74) is 0.360. The highest BCUT2D eigenvalue weighted by atomic mass is 32.1. The molecule has 1 heterocycles. The molecule has 1 fully saturated rings. The first-order valence-corrected chi connectivity index (χ1v) is 8.93. The van der Waals surface area contributed by atoms with Crippen LogP contribution in [0.4, 0.5) is 0 Å². The molecule has 0 atom stereocenters. The number of unbranched alkanes of at least 4 members (excludes halogenated alkanes) is 3. The Labute approximate surface area is 123 Å². The molecule has 0 unspecified atom stereocenters. The zero-order valence-electron chi connectivity index (χ0n) is 12.7. The zero-order chi connectivity index (χ0) is 13.6. The second kappa shape index (κ2) is 7.44. The summed E-state index contributed by atoms with van der Waals surface area (Å²) in [5.74, 6) is 0. The minimum absolute atomic E-state index is 0.360. The molecule has 0 spiro atoms. The van der Waals surface area contributed by atoms with E-state index in [1.54, 1.807) is 4.88 Å². The lowest BCUT2D eigenvalue weighted by atomic mass is 9.79. The molecule has 0 radical (unpaired) electrons. The molecule has 0 amide bonds. The number of thiophene rings is 1. The molecular formula is C17H29NS. The van der Waals surface area contributed by atoms with Gasteiger partial charge in [-0.05, 0) is 44.3 Å². The minimum Gasteiger partial charge on any atom is -0.296 e. The Morgan fingerprint density at radius 1 is 1.16 bits per heavy atom. The van der Waals surface area contributed by atoms with Gasteiger partial charge in [-0.15, -0.1) is 11.3 Å². The Bertz CT molecular complexity index is 338. The Hall–Kier alpha value is -0.340. The van der Waals surface area contributed by atoms with E-state index in [9.17, 15) is 0 Å². The van der Waals surface area contributed by atoms with Crippen LogP contribution in [-0.4, -0.2) is 18.5 Å². The van der Waals surface area contributed by atoms with Crippen LogP contribution in [0.1, 0.15) is 69.6 Å². The number of nitrogens with zero attached hydrogens (tertiary/aromatic N) is 1. The summed E-state index contributed by atoms with van der Waals surface area (Å²) in [6.45, 7) is 3.55. The normalized spacial score (nSPS) is 18.9. The van der Waals surface area contributed by atoms with Gasteiger partial charge in [0.25, 0.3) is 0 Å². The maximum absolute atomic E-state index is 2.67. The molecule has 1 saturated carbocycles. The van der Waals surface area contributed by atoms with Crippen LogP contribution < -0.4 is 0 Å². The summed E-state index contributed by atoms with van der Waals surface area (Å²) in [6, 6.07) is 4.58. The standard InChI is InChI=1S/C17H29NS/c1-3-4-5-9-14-18(2)17(12-7-6-8-13-17)16-11-10-15-19-16/h10-11,15H,3-9,12-14H2,1-2H3. The van der Waals surface area contributed by atoms with Crippen molar-refractivity contribution in [3.05, 3.63) is 22.4 Å². The molecule has 0 saturated heterocycles. The molecule has 0 aliphatic heterocycles. The van der Waals surface area contributed by atoms with Crippen LogP contribution in [0.5, 0.6) is 0 Å². The van der Waals surface area contributed by atoms with Gasteiger partial charge in [0.05, 0.1) is 5.54 Å². The fraction of sp³-hybridized carbons (Fsp3) is 0.765. The van der Waals surface area contributed by atoms with Crippen LogP contribution in [0, 0.1) is 0 Å². The van der Waals surface area contributed by atoms with Gasteiger partial charge in [0.15, 0.2) is 0 Å². The minimum atomic E-state index is 0.360. The van der Waals surface area contributed by atoms with E-state index in [0.717, 1.165) is 0 Å². The molecule has 19 heavy (non-hydrogen) atoms. The zero-order valence-corrected chi connectivity index (χ0v) is 13.5. The lowest BCUT2D eigenvalue weighted by Crippen LogP contribution is -2.45. The van der Waals surface area contributed by atoms with E-state index in [1.165, 1.54) is 64.3 Å². The first-order valence-electron chi connectivity index (χ1n) is 8.05. The fourth-order valence-electron chi connectivity index (χ4n) is 3.49. The Balaban J connectivity index is 2.01. The Morgan fingerprint density at radius 2 is 1.95 bits per heavy atom. The summed E-state index contributed by atoms with van der Waals surface area (Å²) in [6.07, 6.45) is 12.4. The van der Waals surface area contributed by atoms with Crippen LogP contribution in [0.15, 0.2) is 17.5 Å². The largest absolute Gasteiger partial charge is 0.296 e. The van der Waals surface area contributed by atoms with E-state index in [0.29, 0.717) is 5.54 Å². The van der Waals surface area contributed by atoms with Crippen LogP contribution >= 0.6 is 11.3 Å². The van der Waals surface area contributed by atoms with E-state index < -0.39 is 0 Å². The SMILES string of the molecule is CCCCCCN(C)C1(c2cccs2)CCCCC1. The lowest BCUT2D eigenvalue weighted by Gasteiger charge is -2.44. The van der Waals surface area contributed by atoms with Gasteiger partial charge in [0.1, 0.15) is 0 Å². The summed E-state index contributed by atoms with van der Waals surface area (Å²) >= 11 is 1.96. The van der Waals surface area contributed by atoms with E-state index in [1.807, 2.05) is 11.3 Å². The van der Waals surface area contributed by atoms with Gasteiger partial charge in [0, 0.05) is 4.88 Å². The van der Waals surface area contributed by atoms with Crippen LogP contribution in [0.2, 0.25) is 0 Å². The molecule has 2 rings (SSSR count). The highest BCUT2D eigenvalue weighted by Gasteiger charge is 2.38. The Kier molecular flexibility index (Phi) is 5.90. The van der Waals surface area contributed by atoms with E-state index in [2.05, 4.69) is 36.4 Å².